The minimum absolute atomic E-state index is 0.715. The monoisotopic (exact) mass is 325 g/mol. The van der Waals surface area contributed by atoms with E-state index in [-0.39, 0.29) is 0 Å². The second kappa shape index (κ2) is 6.20. The summed E-state index contributed by atoms with van der Waals surface area (Å²) in [5, 5.41) is 14.0. The molecule has 0 bridgehead atoms. The van der Waals surface area contributed by atoms with Crippen molar-refractivity contribution < 1.29 is 0 Å². The predicted molar refractivity (Wildman–Crippen MR) is 95.0 cm³/mol. The zero-order chi connectivity index (χ0) is 15.6. The van der Waals surface area contributed by atoms with Gasteiger partial charge in [-0.05, 0) is 30.7 Å². The van der Waals surface area contributed by atoms with E-state index in [0.29, 0.717) is 5.25 Å². The first kappa shape index (κ1) is 14.5. The standard InChI is InChI=1S/C17H19N5S/c1-21(12-14-8-5-11-23-14)16-10-9-15-18-19-17(22(15)20-16)13-6-3-2-4-7-13/h2-4,6-7,9-10,14H,5,8,11-12H2,1H3. The highest BCUT2D eigenvalue weighted by Crippen LogP contribution is 2.27. The molecular formula is C17H19N5S. The van der Waals surface area contributed by atoms with E-state index in [9.17, 15) is 0 Å². The number of thioether (sulfide) groups is 1. The van der Waals surface area contributed by atoms with Crippen LogP contribution in [-0.2, 0) is 0 Å². The maximum Gasteiger partial charge on any atom is 0.185 e. The molecule has 1 atom stereocenters. The van der Waals surface area contributed by atoms with Gasteiger partial charge in [0.05, 0.1) is 0 Å². The molecular weight excluding hydrogens is 306 g/mol. The lowest BCUT2D eigenvalue weighted by molar-refractivity contribution is 0.743. The van der Waals surface area contributed by atoms with Gasteiger partial charge in [0, 0.05) is 24.4 Å². The van der Waals surface area contributed by atoms with Gasteiger partial charge < -0.3 is 4.90 Å². The van der Waals surface area contributed by atoms with Gasteiger partial charge >= 0.3 is 0 Å². The summed E-state index contributed by atoms with van der Waals surface area (Å²) in [5.41, 5.74) is 1.80. The summed E-state index contributed by atoms with van der Waals surface area (Å²) in [6.45, 7) is 1.03. The molecule has 0 spiro atoms. The van der Waals surface area contributed by atoms with Crippen LogP contribution in [0, 0.1) is 0 Å². The van der Waals surface area contributed by atoms with Gasteiger partial charge in [-0.1, -0.05) is 30.3 Å². The number of hydrogen-bond acceptors (Lipinski definition) is 5. The Morgan fingerprint density at radius 3 is 2.83 bits per heavy atom. The number of anilines is 1. The average molecular weight is 325 g/mol. The highest BCUT2D eigenvalue weighted by molar-refractivity contribution is 8.00. The van der Waals surface area contributed by atoms with E-state index in [1.54, 1.807) is 0 Å². The molecule has 1 fully saturated rings. The van der Waals surface area contributed by atoms with Crippen molar-refractivity contribution in [3.05, 3.63) is 42.5 Å². The van der Waals surface area contributed by atoms with E-state index >= 15 is 0 Å². The van der Waals surface area contributed by atoms with Crippen molar-refractivity contribution in [2.75, 3.05) is 24.2 Å². The van der Waals surface area contributed by atoms with Crippen LogP contribution in [0.3, 0.4) is 0 Å². The van der Waals surface area contributed by atoms with Crippen molar-refractivity contribution >= 4 is 23.2 Å². The molecule has 0 saturated carbocycles. The van der Waals surface area contributed by atoms with Gasteiger partial charge in [-0.3, -0.25) is 0 Å². The second-order valence-corrected chi connectivity index (χ2v) is 7.27. The molecule has 4 rings (SSSR count). The number of nitrogens with zero attached hydrogens (tertiary/aromatic N) is 5. The highest BCUT2D eigenvalue weighted by atomic mass is 32.2. The Kier molecular flexibility index (Phi) is 3.91. The van der Waals surface area contributed by atoms with Gasteiger partial charge in [0.25, 0.3) is 0 Å². The fraction of sp³-hybridized carbons (Fsp3) is 0.353. The van der Waals surface area contributed by atoms with Crippen LogP contribution in [-0.4, -0.2) is 44.4 Å². The summed E-state index contributed by atoms with van der Waals surface area (Å²) in [6, 6.07) is 14.1. The van der Waals surface area contributed by atoms with Gasteiger partial charge in [-0.2, -0.15) is 16.3 Å². The molecule has 0 N–H and O–H groups in total. The van der Waals surface area contributed by atoms with Gasteiger partial charge in [-0.25, -0.2) is 0 Å². The van der Waals surface area contributed by atoms with E-state index in [0.717, 1.165) is 29.4 Å². The van der Waals surface area contributed by atoms with E-state index < -0.39 is 0 Å². The first-order valence-electron chi connectivity index (χ1n) is 7.92. The molecule has 0 amide bonds. The molecule has 5 nitrogen and oxygen atoms in total. The first-order chi connectivity index (χ1) is 11.3. The minimum Gasteiger partial charge on any atom is -0.357 e. The Bertz CT molecular complexity index is 795. The zero-order valence-corrected chi connectivity index (χ0v) is 13.9. The summed E-state index contributed by atoms with van der Waals surface area (Å²) < 4.78 is 1.84. The number of benzene rings is 1. The molecule has 23 heavy (non-hydrogen) atoms. The number of rotatable bonds is 4. The zero-order valence-electron chi connectivity index (χ0n) is 13.1. The Labute approximate surface area is 139 Å². The van der Waals surface area contributed by atoms with E-state index in [1.165, 1.54) is 18.6 Å². The third kappa shape index (κ3) is 2.91. The predicted octanol–water partition coefficient (Wildman–Crippen LogP) is 3.12. The maximum absolute atomic E-state index is 4.76. The fourth-order valence-corrected chi connectivity index (χ4v) is 4.27. The summed E-state index contributed by atoms with van der Waals surface area (Å²) >= 11 is 2.07. The second-order valence-electron chi connectivity index (χ2n) is 5.87. The Morgan fingerprint density at radius 1 is 1.17 bits per heavy atom. The molecule has 1 unspecified atom stereocenters. The molecule has 2 aromatic heterocycles. The van der Waals surface area contributed by atoms with E-state index in [1.807, 2.05) is 47.0 Å². The fourth-order valence-electron chi connectivity index (χ4n) is 2.94. The smallest absolute Gasteiger partial charge is 0.185 e. The summed E-state index contributed by atoms with van der Waals surface area (Å²) in [7, 11) is 2.11. The molecule has 0 radical (unpaired) electrons. The molecule has 1 saturated heterocycles. The van der Waals surface area contributed by atoms with Crippen molar-refractivity contribution in [3.63, 3.8) is 0 Å². The average Bonchev–Trinajstić information content (AvgIpc) is 3.24. The maximum atomic E-state index is 4.76. The largest absolute Gasteiger partial charge is 0.357 e. The van der Waals surface area contributed by atoms with E-state index in [2.05, 4.69) is 33.9 Å². The van der Waals surface area contributed by atoms with Crippen LogP contribution in [0.25, 0.3) is 17.0 Å². The van der Waals surface area contributed by atoms with Crippen molar-refractivity contribution in [1.82, 2.24) is 19.8 Å². The number of fused-ring (bicyclic) bond motifs is 1. The van der Waals surface area contributed by atoms with Crippen molar-refractivity contribution in [3.8, 4) is 11.4 Å². The topological polar surface area (TPSA) is 46.3 Å². The van der Waals surface area contributed by atoms with Crippen molar-refractivity contribution in [2.45, 2.75) is 18.1 Å². The lowest BCUT2D eigenvalue weighted by atomic mass is 10.2. The molecule has 6 heteroatoms. The summed E-state index contributed by atoms with van der Waals surface area (Å²) in [5.74, 6) is 3.03. The van der Waals surface area contributed by atoms with Crippen LogP contribution in [0.4, 0.5) is 5.82 Å². The van der Waals surface area contributed by atoms with Gasteiger partial charge in [-0.15, -0.1) is 15.3 Å². The van der Waals surface area contributed by atoms with Crippen LogP contribution in [0.2, 0.25) is 0 Å². The molecule has 118 valence electrons. The third-order valence-electron chi connectivity index (χ3n) is 4.17. The van der Waals surface area contributed by atoms with Crippen LogP contribution < -0.4 is 4.90 Å². The Morgan fingerprint density at radius 2 is 2.04 bits per heavy atom. The Balaban J connectivity index is 1.66. The van der Waals surface area contributed by atoms with Gasteiger partial charge in [0.15, 0.2) is 11.5 Å². The lowest BCUT2D eigenvalue weighted by Gasteiger charge is -2.21. The van der Waals surface area contributed by atoms with Crippen LogP contribution >= 0.6 is 11.8 Å². The first-order valence-corrected chi connectivity index (χ1v) is 8.97. The summed E-state index contributed by atoms with van der Waals surface area (Å²) in [4.78, 5) is 2.23. The van der Waals surface area contributed by atoms with Crippen LogP contribution in [0.1, 0.15) is 12.8 Å². The number of hydrogen-bond donors (Lipinski definition) is 0. The number of aromatic nitrogens is 4. The molecule has 0 aliphatic carbocycles. The summed E-state index contributed by atoms with van der Waals surface area (Å²) in [6.07, 6.45) is 2.64. The molecule has 3 heterocycles. The quantitative estimate of drug-likeness (QED) is 0.737. The third-order valence-corrected chi connectivity index (χ3v) is 5.55. The van der Waals surface area contributed by atoms with E-state index in [4.69, 9.17) is 5.10 Å². The van der Waals surface area contributed by atoms with Crippen LogP contribution in [0.15, 0.2) is 42.5 Å². The minimum atomic E-state index is 0.715. The van der Waals surface area contributed by atoms with Crippen molar-refractivity contribution in [1.29, 1.82) is 0 Å². The SMILES string of the molecule is CN(CC1CCCS1)c1ccc2nnc(-c3ccccc3)n2n1. The molecule has 1 aliphatic heterocycles. The molecule has 1 aromatic carbocycles. The van der Waals surface area contributed by atoms with Crippen molar-refractivity contribution in [2.24, 2.45) is 0 Å². The molecule has 3 aromatic rings. The molecule has 1 aliphatic rings. The normalized spacial score (nSPS) is 17.7. The Hall–Kier alpha value is -2.08. The lowest BCUT2D eigenvalue weighted by Crippen LogP contribution is -2.27. The van der Waals surface area contributed by atoms with Crippen LogP contribution in [0.5, 0.6) is 0 Å². The van der Waals surface area contributed by atoms with Gasteiger partial charge in [0.2, 0.25) is 0 Å². The van der Waals surface area contributed by atoms with Gasteiger partial charge in [0.1, 0.15) is 5.82 Å². The highest BCUT2D eigenvalue weighted by Gasteiger charge is 2.19.